The summed E-state index contributed by atoms with van der Waals surface area (Å²) in [5, 5.41) is 4.73. The SMILES string of the molecule is CCOC(=O)c1c(-c2ccc(F)cc2)oc2cc(-c3cc(COC4CCCO4)on3)c(OC(C)C)cc12. The lowest BCUT2D eigenvalue weighted by Crippen LogP contribution is -2.09. The van der Waals surface area contributed by atoms with E-state index in [1.165, 1.54) is 12.1 Å². The van der Waals surface area contributed by atoms with Gasteiger partial charge in [0.1, 0.15) is 40.8 Å². The van der Waals surface area contributed by atoms with Crippen molar-refractivity contribution in [2.45, 2.75) is 52.6 Å². The number of rotatable bonds is 9. The largest absolute Gasteiger partial charge is 0.490 e. The summed E-state index contributed by atoms with van der Waals surface area (Å²) >= 11 is 0. The number of esters is 1. The van der Waals surface area contributed by atoms with Crippen LogP contribution in [0.5, 0.6) is 5.75 Å². The molecule has 2 aromatic carbocycles. The van der Waals surface area contributed by atoms with Crippen molar-refractivity contribution in [1.29, 1.82) is 0 Å². The highest BCUT2D eigenvalue weighted by Gasteiger charge is 2.26. The fourth-order valence-electron chi connectivity index (χ4n) is 4.25. The van der Waals surface area contributed by atoms with Crippen LogP contribution in [0.1, 0.15) is 49.7 Å². The van der Waals surface area contributed by atoms with Gasteiger partial charge >= 0.3 is 5.97 Å². The molecule has 1 fully saturated rings. The molecule has 0 radical (unpaired) electrons. The van der Waals surface area contributed by atoms with Crippen LogP contribution in [0.15, 0.2) is 51.4 Å². The van der Waals surface area contributed by atoms with E-state index in [-0.39, 0.29) is 36.9 Å². The molecular weight excluding hydrogens is 481 g/mol. The Morgan fingerprint density at radius 3 is 2.70 bits per heavy atom. The molecule has 37 heavy (non-hydrogen) atoms. The Morgan fingerprint density at radius 2 is 2.00 bits per heavy atom. The summed E-state index contributed by atoms with van der Waals surface area (Å²) < 4.78 is 47.9. The van der Waals surface area contributed by atoms with Crippen LogP contribution >= 0.6 is 0 Å². The number of hydrogen-bond donors (Lipinski definition) is 0. The van der Waals surface area contributed by atoms with Crippen molar-refractivity contribution in [2.24, 2.45) is 0 Å². The zero-order valence-electron chi connectivity index (χ0n) is 20.9. The monoisotopic (exact) mass is 509 g/mol. The van der Waals surface area contributed by atoms with E-state index in [2.05, 4.69) is 5.16 Å². The number of fused-ring (bicyclic) bond motifs is 1. The van der Waals surface area contributed by atoms with Crippen LogP contribution in [-0.2, 0) is 20.8 Å². The summed E-state index contributed by atoms with van der Waals surface area (Å²) in [4.78, 5) is 13.0. The normalized spacial score (nSPS) is 15.5. The van der Waals surface area contributed by atoms with Gasteiger partial charge in [0, 0.05) is 35.6 Å². The third-order valence-corrected chi connectivity index (χ3v) is 5.87. The summed E-state index contributed by atoms with van der Waals surface area (Å²) in [6.45, 7) is 6.65. The third kappa shape index (κ3) is 5.38. The molecule has 0 N–H and O–H groups in total. The van der Waals surface area contributed by atoms with Gasteiger partial charge in [-0.15, -0.1) is 0 Å². The fourth-order valence-corrected chi connectivity index (χ4v) is 4.25. The summed E-state index contributed by atoms with van der Waals surface area (Å²) in [7, 11) is 0. The van der Waals surface area contributed by atoms with Gasteiger partial charge in [-0.25, -0.2) is 9.18 Å². The Bertz CT molecular complexity index is 1380. The van der Waals surface area contributed by atoms with Crippen LogP contribution < -0.4 is 4.74 Å². The molecular formula is C28H28FNO7. The van der Waals surface area contributed by atoms with Crippen LogP contribution in [0.25, 0.3) is 33.6 Å². The molecule has 0 saturated carbocycles. The Labute approximate surface area is 213 Å². The molecule has 0 aliphatic carbocycles. The van der Waals surface area contributed by atoms with Gasteiger partial charge in [-0.1, -0.05) is 5.16 Å². The first-order chi connectivity index (χ1) is 17.9. The molecule has 0 bridgehead atoms. The maximum absolute atomic E-state index is 13.6. The van der Waals surface area contributed by atoms with Gasteiger partial charge in [0.25, 0.3) is 0 Å². The lowest BCUT2D eigenvalue weighted by molar-refractivity contribution is -0.122. The molecule has 0 amide bonds. The summed E-state index contributed by atoms with van der Waals surface area (Å²) in [6, 6.07) is 11.0. The standard InChI is InChI=1S/C28H28FNO7/c1-4-32-28(31)26-21-14-23(35-16(2)3)20(13-24(21)36-27(26)17-7-9-18(29)10-8-17)22-12-19(37-30-22)15-34-25-6-5-11-33-25/h7-10,12-14,16,25H,4-6,11,15H2,1-3H3. The summed E-state index contributed by atoms with van der Waals surface area (Å²) in [5.74, 6) is 0.391. The second kappa shape index (κ2) is 10.7. The number of carbonyl (C=O) groups is 1. The van der Waals surface area contributed by atoms with E-state index in [4.69, 9.17) is 27.9 Å². The molecule has 5 rings (SSSR count). The minimum absolute atomic E-state index is 0.153. The van der Waals surface area contributed by atoms with Gasteiger partial charge in [-0.05, 0) is 63.6 Å². The highest BCUT2D eigenvalue weighted by Crippen LogP contribution is 2.41. The maximum atomic E-state index is 13.6. The summed E-state index contributed by atoms with van der Waals surface area (Å²) in [6.07, 6.45) is 1.43. The van der Waals surface area contributed by atoms with Crippen molar-refractivity contribution in [3.63, 3.8) is 0 Å². The van der Waals surface area contributed by atoms with Crippen LogP contribution in [0, 0.1) is 5.82 Å². The van der Waals surface area contributed by atoms with E-state index in [9.17, 15) is 9.18 Å². The fraction of sp³-hybridized carbons (Fsp3) is 0.357. The van der Waals surface area contributed by atoms with E-state index in [1.54, 1.807) is 37.3 Å². The zero-order valence-corrected chi connectivity index (χ0v) is 20.9. The first-order valence-corrected chi connectivity index (χ1v) is 12.3. The van der Waals surface area contributed by atoms with Crippen LogP contribution in [0.3, 0.4) is 0 Å². The number of aromatic nitrogens is 1. The van der Waals surface area contributed by atoms with Crippen molar-refractivity contribution in [1.82, 2.24) is 5.16 Å². The molecule has 194 valence electrons. The highest BCUT2D eigenvalue weighted by molar-refractivity contribution is 6.10. The minimum atomic E-state index is -0.543. The summed E-state index contributed by atoms with van der Waals surface area (Å²) in [5.41, 5.74) is 2.37. The molecule has 1 aliphatic rings. The van der Waals surface area contributed by atoms with Crippen LogP contribution in [-0.4, -0.2) is 36.7 Å². The molecule has 0 spiro atoms. The van der Waals surface area contributed by atoms with Crippen molar-refractivity contribution >= 4 is 16.9 Å². The second-order valence-corrected chi connectivity index (χ2v) is 8.98. The molecule has 9 heteroatoms. The molecule has 3 heterocycles. The smallest absolute Gasteiger partial charge is 0.342 e. The highest BCUT2D eigenvalue weighted by atomic mass is 19.1. The van der Waals surface area contributed by atoms with E-state index >= 15 is 0 Å². The van der Waals surface area contributed by atoms with Gasteiger partial charge in [0.2, 0.25) is 0 Å². The number of furan rings is 1. The van der Waals surface area contributed by atoms with Crippen LogP contribution in [0.4, 0.5) is 4.39 Å². The predicted molar refractivity (Wildman–Crippen MR) is 133 cm³/mol. The van der Waals surface area contributed by atoms with Crippen molar-refractivity contribution < 1.29 is 37.1 Å². The first kappa shape index (κ1) is 25.0. The van der Waals surface area contributed by atoms with Gasteiger partial charge < -0.3 is 27.9 Å². The zero-order chi connectivity index (χ0) is 25.9. The average Bonchev–Trinajstić information content (AvgIpc) is 3.62. The number of hydrogen-bond acceptors (Lipinski definition) is 8. The van der Waals surface area contributed by atoms with Gasteiger partial charge in [0.15, 0.2) is 12.1 Å². The van der Waals surface area contributed by atoms with Crippen LogP contribution in [0.2, 0.25) is 0 Å². The first-order valence-electron chi connectivity index (χ1n) is 12.3. The van der Waals surface area contributed by atoms with Gasteiger partial charge in [-0.3, -0.25) is 0 Å². The number of ether oxygens (including phenoxy) is 4. The predicted octanol–water partition coefficient (Wildman–Crippen LogP) is 6.51. The molecule has 1 unspecified atom stereocenters. The molecule has 1 atom stereocenters. The minimum Gasteiger partial charge on any atom is -0.490 e. The Kier molecular flexibility index (Phi) is 7.25. The Hall–Kier alpha value is -3.69. The third-order valence-electron chi connectivity index (χ3n) is 5.87. The molecule has 1 aliphatic heterocycles. The Balaban J connectivity index is 1.58. The topological polar surface area (TPSA) is 93.2 Å². The molecule has 4 aromatic rings. The van der Waals surface area contributed by atoms with E-state index in [0.717, 1.165) is 12.8 Å². The van der Waals surface area contributed by atoms with Gasteiger partial charge in [-0.2, -0.15) is 0 Å². The lowest BCUT2D eigenvalue weighted by Gasteiger charge is -2.13. The quantitative estimate of drug-likeness (QED) is 0.236. The van der Waals surface area contributed by atoms with Crippen molar-refractivity contribution in [3.8, 4) is 28.3 Å². The maximum Gasteiger partial charge on any atom is 0.342 e. The average molecular weight is 510 g/mol. The Morgan fingerprint density at radius 1 is 1.19 bits per heavy atom. The van der Waals surface area contributed by atoms with E-state index in [1.807, 2.05) is 13.8 Å². The number of nitrogens with zero attached hydrogens (tertiary/aromatic N) is 1. The number of benzene rings is 2. The van der Waals surface area contributed by atoms with E-state index in [0.29, 0.717) is 45.9 Å². The molecule has 8 nitrogen and oxygen atoms in total. The lowest BCUT2D eigenvalue weighted by atomic mass is 10.0. The van der Waals surface area contributed by atoms with Crippen molar-refractivity contribution in [2.75, 3.05) is 13.2 Å². The molecule has 1 saturated heterocycles. The second-order valence-electron chi connectivity index (χ2n) is 8.98. The number of halogens is 1. The molecule has 2 aromatic heterocycles. The van der Waals surface area contributed by atoms with E-state index < -0.39 is 11.8 Å². The number of carbonyl (C=O) groups excluding carboxylic acids is 1. The van der Waals surface area contributed by atoms with Crippen molar-refractivity contribution in [3.05, 3.63) is 59.6 Å². The van der Waals surface area contributed by atoms with Gasteiger partial charge in [0.05, 0.1) is 12.7 Å².